The van der Waals surface area contributed by atoms with Crippen LogP contribution in [-0.2, 0) is 0 Å². The van der Waals surface area contributed by atoms with E-state index < -0.39 is 0 Å². The maximum absolute atomic E-state index is 2.94. The zero-order chi connectivity index (χ0) is 38.0. The molecule has 1 atom stereocenters. The molecule has 8 rings (SSSR count). The van der Waals surface area contributed by atoms with Crippen LogP contribution in [0.2, 0.25) is 0 Å². The second-order valence-corrected chi connectivity index (χ2v) is 34.6. The molecule has 0 heterocycles. The van der Waals surface area contributed by atoms with Crippen LogP contribution in [0.25, 0.3) is 0 Å². The van der Waals surface area contributed by atoms with Gasteiger partial charge in [0.25, 0.3) is 0 Å². The predicted molar refractivity (Wildman–Crippen MR) is 259 cm³/mol. The van der Waals surface area contributed by atoms with Crippen molar-refractivity contribution < 1.29 is 0 Å². The lowest BCUT2D eigenvalue weighted by Gasteiger charge is -2.69. The third kappa shape index (κ3) is 10.2. The van der Waals surface area contributed by atoms with Gasteiger partial charge >= 0.3 is 0 Å². The Morgan fingerprint density at radius 1 is 0.286 bits per heavy atom. The standard InChI is InChI=1S/C52H94P4/c1-2-51(53(43-27-11-3-12-28-43)44-29-13-4-14-30-44)52(54(45-31-15-5-16-32-45)46-33-17-6-18-34-46,55(47-35-19-7-20-36-47)48-37-21-8-22-38-48)56(49-39-23-9-24-40-49)50-41-25-10-26-42-50/h43-51H,2-42H2,1H3. The van der Waals surface area contributed by atoms with Crippen molar-refractivity contribution in [1.29, 1.82) is 0 Å². The molecule has 0 radical (unpaired) electrons. The van der Waals surface area contributed by atoms with Gasteiger partial charge in [-0.25, -0.2) is 0 Å². The molecule has 322 valence electrons. The first-order chi connectivity index (χ1) is 27.8. The summed E-state index contributed by atoms with van der Waals surface area (Å²) in [4.78, 5) is 0. The van der Waals surface area contributed by atoms with Gasteiger partial charge in [0.15, 0.2) is 0 Å². The Hall–Kier alpha value is 1.72. The smallest absolute Gasteiger partial charge is 0.0382 e. The molecule has 0 aromatic rings. The van der Waals surface area contributed by atoms with E-state index >= 15 is 0 Å². The van der Waals surface area contributed by atoms with E-state index in [-0.39, 0.29) is 31.7 Å². The number of hydrogen-bond donors (Lipinski definition) is 0. The highest BCUT2D eigenvalue weighted by atomic mass is 31.2. The average Bonchev–Trinajstić information content (AvgIpc) is 3.28. The Kier molecular flexibility index (Phi) is 18.1. The summed E-state index contributed by atoms with van der Waals surface area (Å²) in [6.07, 6.45) is 66.8. The summed E-state index contributed by atoms with van der Waals surface area (Å²) in [7, 11) is 0.171. The monoisotopic (exact) mass is 843 g/mol. The van der Waals surface area contributed by atoms with Crippen LogP contribution < -0.4 is 0 Å². The second-order valence-electron chi connectivity index (χ2n) is 21.6. The molecule has 0 nitrogen and oxygen atoms in total. The van der Waals surface area contributed by atoms with E-state index in [1.165, 1.54) is 0 Å². The van der Waals surface area contributed by atoms with Crippen LogP contribution >= 0.6 is 31.7 Å². The quantitative estimate of drug-likeness (QED) is 0.153. The fraction of sp³-hybridized carbons (Fsp3) is 1.00. The maximum atomic E-state index is 2.94. The van der Waals surface area contributed by atoms with E-state index in [1.54, 1.807) is 263 Å². The van der Waals surface area contributed by atoms with E-state index in [2.05, 4.69) is 6.92 Å². The average molecular weight is 843 g/mol. The minimum atomic E-state index is 0.0315. The minimum Gasteiger partial charge on any atom is -0.0955 e. The molecule has 4 heteroatoms. The molecule has 0 saturated heterocycles. The predicted octanol–water partition coefficient (Wildman–Crippen LogP) is 19.0. The van der Waals surface area contributed by atoms with Crippen molar-refractivity contribution in [1.82, 2.24) is 0 Å². The maximum Gasteiger partial charge on any atom is 0.0382 e. The third-order valence-electron chi connectivity index (χ3n) is 18.1. The molecule has 0 spiro atoms. The molecular formula is C52H94P4. The molecule has 0 aromatic carbocycles. The largest absolute Gasteiger partial charge is 0.0955 e. The molecule has 0 aromatic heterocycles. The third-order valence-corrected chi connectivity index (χ3v) is 38.1. The number of hydrogen-bond acceptors (Lipinski definition) is 0. The highest BCUT2D eigenvalue weighted by Gasteiger charge is 2.65. The van der Waals surface area contributed by atoms with Crippen LogP contribution in [0.3, 0.4) is 0 Å². The van der Waals surface area contributed by atoms with Gasteiger partial charge in [-0.05, 0) is 160 Å². The lowest BCUT2D eigenvalue weighted by Crippen LogP contribution is -2.51. The Balaban J connectivity index is 1.44. The zero-order valence-corrected chi connectivity index (χ0v) is 41.1. The SMILES string of the molecule is CCC(P(C1CCCCC1)C1CCCCC1)C(P(C1CCCCC1)C1CCCCC1)(P(C1CCCCC1)C1CCCCC1)P(C1CCCCC1)C1CCCCC1. The Morgan fingerprint density at radius 3 is 0.643 bits per heavy atom. The molecular weight excluding hydrogens is 748 g/mol. The van der Waals surface area contributed by atoms with Crippen LogP contribution in [0.4, 0.5) is 0 Å². The van der Waals surface area contributed by atoms with Gasteiger partial charge in [0.1, 0.15) is 0 Å². The first-order valence-electron chi connectivity index (χ1n) is 26.9. The lowest BCUT2D eigenvalue weighted by atomic mass is 9.99. The molecule has 8 aliphatic rings. The summed E-state index contributed by atoms with van der Waals surface area (Å²) in [6.45, 7) is 2.94. The van der Waals surface area contributed by atoms with Crippen molar-refractivity contribution in [2.45, 2.75) is 326 Å². The fourth-order valence-corrected chi connectivity index (χ4v) is 43.8. The minimum absolute atomic E-state index is 0.0315. The molecule has 0 N–H and O–H groups in total. The van der Waals surface area contributed by atoms with Gasteiger partial charge in [-0.15, -0.1) is 0 Å². The van der Waals surface area contributed by atoms with Gasteiger partial charge in [-0.3, -0.25) is 0 Å². The van der Waals surface area contributed by atoms with E-state index in [9.17, 15) is 0 Å². The molecule has 0 bridgehead atoms. The van der Waals surface area contributed by atoms with Crippen molar-refractivity contribution >= 4 is 31.7 Å². The number of rotatable bonds is 14. The van der Waals surface area contributed by atoms with Gasteiger partial charge in [0.2, 0.25) is 0 Å². The highest BCUT2D eigenvalue weighted by molar-refractivity contribution is 7.95. The van der Waals surface area contributed by atoms with E-state index in [1.807, 2.05) is 0 Å². The van der Waals surface area contributed by atoms with Crippen LogP contribution in [0.15, 0.2) is 0 Å². The summed E-state index contributed by atoms with van der Waals surface area (Å²) < 4.78 is 0.813. The topological polar surface area (TPSA) is 0 Å². The van der Waals surface area contributed by atoms with Gasteiger partial charge in [-0.2, -0.15) is 0 Å². The van der Waals surface area contributed by atoms with Crippen LogP contribution in [0.5, 0.6) is 0 Å². The molecule has 1 unspecified atom stereocenters. The van der Waals surface area contributed by atoms with Gasteiger partial charge in [-0.1, -0.05) is 193 Å². The molecule has 0 aliphatic heterocycles. The second kappa shape index (κ2) is 22.9. The van der Waals surface area contributed by atoms with Crippen molar-refractivity contribution in [3.63, 3.8) is 0 Å². The van der Waals surface area contributed by atoms with Crippen molar-refractivity contribution in [2.75, 3.05) is 0 Å². The normalized spacial score (nSPS) is 28.9. The highest BCUT2D eigenvalue weighted by Crippen LogP contribution is 2.94. The van der Waals surface area contributed by atoms with E-state index in [4.69, 9.17) is 0 Å². The van der Waals surface area contributed by atoms with Crippen molar-refractivity contribution in [2.24, 2.45) is 0 Å². The first kappa shape index (κ1) is 44.3. The summed E-state index contributed by atoms with van der Waals surface area (Å²) in [5, 5.41) is 0. The van der Waals surface area contributed by atoms with Crippen molar-refractivity contribution in [3.05, 3.63) is 0 Å². The van der Waals surface area contributed by atoms with Gasteiger partial charge in [0, 0.05) is 4.64 Å². The van der Waals surface area contributed by atoms with Crippen LogP contribution in [-0.4, -0.2) is 55.6 Å². The molecule has 8 fully saturated rings. The molecule has 0 amide bonds. The summed E-state index contributed by atoms with van der Waals surface area (Å²) in [5.74, 6) is 0. The van der Waals surface area contributed by atoms with Crippen LogP contribution in [0.1, 0.15) is 270 Å². The molecule has 8 saturated carbocycles. The summed E-state index contributed by atoms with van der Waals surface area (Å²) in [6, 6.07) is 0. The summed E-state index contributed by atoms with van der Waals surface area (Å²) >= 11 is 0. The Labute approximate surface area is 355 Å². The lowest BCUT2D eigenvalue weighted by molar-refractivity contribution is 0.460. The molecule has 56 heavy (non-hydrogen) atoms. The molecule has 8 aliphatic carbocycles. The van der Waals surface area contributed by atoms with Gasteiger partial charge in [0.05, 0.1) is 0 Å². The van der Waals surface area contributed by atoms with E-state index in [0.29, 0.717) is 0 Å². The van der Waals surface area contributed by atoms with Gasteiger partial charge < -0.3 is 0 Å². The van der Waals surface area contributed by atoms with Crippen molar-refractivity contribution in [3.8, 4) is 0 Å². The fourth-order valence-electron chi connectivity index (χ4n) is 15.8. The summed E-state index contributed by atoms with van der Waals surface area (Å²) in [5.41, 5.74) is 10.4. The first-order valence-corrected chi connectivity index (χ1v) is 32.9. The Morgan fingerprint density at radius 2 is 0.464 bits per heavy atom. The van der Waals surface area contributed by atoms with E-state index in [0.717, 1.165) is 55.6 Å². The zero-order valence-electron chi connectivity index (χ0n) is 37.5. The Bertz CT molecular complexity index is 906. The van der Waals surface area contributed by atoms with Crippen LogP contribution in [0, 0.1) is 0 Å².